The fraction of sp³-hybridized carbons (Fsp3) is 0.700. The molecule has 1 aromatic rings. The maximum absolute atomic E-state index is 4.36. The molecule has 0 saturated carbocycles. The number of fused-ring (bicyclic) bond motifs is 1. The highest BCUT2D eigenvalue weighted by Gasteiger charge is 2.19. The zero-order valence-corrected chi connectivity index (χ0v) is 8.46. The molecule has 0 spiro atoms. The summed E-state index contributed by atoms with van der Waals surface area (Å²) >= 11 is 0. The van der Waals surface area contributed by atoms with Crippen molar-refractivity contribution in [3.63, 3.8) is 0 Å². The van der Waals surface area contributed by atoms with Crippen LogP contribution in [0.5, 0.6) is 0 Å². The zero-order valence-electron chi connectivity index (χ0n) is 8.46. The first-order chi connectivity index (χ1) is 5.77. The molecule has 0 bridgehead atoms. The Hall–Kier alpha value is -0.790. The van der Waals surface area contributed by atoms with E-state index in [1.165, 1.54) is 12.1 Å². The van der Waals surface area contributed by atoms with E-state index in [4.69, 9.17) is 0 Å². The number of aromatic nitrogens is 2. The summed E-state index contributed by atoms with van der Waals surface area (Å²) in [6.07, 6.45) is 1.27. The lowest BCUT2D eigenvalue weighted by molar-refractivity contribution is 0.638. The quantitative estimate of drug-likeness (QED) is 0.579. The van der Waals surface area contributed by atoms with Gasteiger partial charge in [0.25, 0.3) is 0 Å². The average Bonchev–Trinajstić information content (AvgIpc) is 2.58. The van der Waals surface area contributed by atoms with Crippen LogP contribution in [0.25, 0.3) is 0 Å². The molecular weight excluding hydrogens is 148 g/mol. The Morgan fingerprint density at radius 2 is 2.17 bits per heavy atom. The zero-order chi connectivity index (χ0) is 9.14. The van der Waals surface area contributed by atoms with Crippen molar-refractivity contribution in [1.82, 2.24) is 9.78 Å². The molecule has 1 atom stereocenters. The summed E-state index contributed by atoms with van der Waals surface area (Å²) in [7, 11) is 0. The predicted octanol–water partition coefficient (Wildman–Crippen LogP) is 2.72. The molecule has 68 valence electrons. The maximum Gasteiger partial charge on any atom is 0.0596 e. The van der Waals surface area contributed by atoms with Gasteiger partial charge in [0, 0.05) is 12.2 Å². The molecule has 1 unspecified atom stereocenters. The highest BCUT2D eigenvalue weighted by molar-refractivity contribution is 5.15. The fourth-order valence-electron chi connectivity index (χ4n) is 1.61. The van der Waals surface area contributed by atoms with Gasteiger partial charge in [-0.25, -0.2) is 0 Å². The molecule has 2 heteroatoms. The van der Waals surface area contributed by atoms with Gasteiger partial charge in [-0.1, -0.05) is 20.8 Å². The third-order valence-electron chi connectivity index (χ3n) is 2.21. The van der Waals surface area contributed by atoms with Crippen LogP contribution in [-0.4, -0.2) is 9.78 Å². The first-order valence-corrected chi connectivity index (χ1v) is 4.82. The molecule has 0 aromatic carbocycles. The summed E-state index contributed by atoms with van der Waals surface area (Å²) in [5.74, 6) is 0.723. The Morgan fingerprint density at radius 1 is 1.50 bits per heavy atom. The van der Waals surface area contributed by atoms with Crippen molar-refractivity contribution in [3.05, 3.63) is 17.5 Å². The van der Waals surface area contributed by atoms with Crippen LogP contribution in [0.2, 0.25) is 0 Å². The minimum absolute atomic E-state index is 0.723. The van der Waals surface area contributed by atoms with E-state index in [9.17, 15) is 0 Å². The van der Waals surface area contributed by atoms with E-state index in [0.717, 1.165) is 18.2 Å². The Bertz CT molecular complexity index is 250. The van der Waals surface area contributed by atoms with E-state index in [1.54, 1.807) is 0 Å². The second-order valence-electron chi connectivity index (χ2n) is 3.12. The van der Waals surface area contributed by atoms with Gasteiger partial charge in [-0.2, -0.15) is 5.10 Å². The van der Waals surface area contributed by atoms with E-state index in [0.29, 0.717) is 0 Å². The topological polar surface area (TPSA) is 17.8 Å². The Balaban J connectivity index is 0.000000336. The first kappa shape index (κ1) is 9.30. The van der Waals surface area contributed by atoms with Gasteiger partial charge in [-0.3, -0.25) is 4.68 Å². The molecule has 0 radical (unpaired) electrons. The smallest absolute Gasteiger partial charge is 0.0596 e. The first-order valence-electron chi connectivity index (χ1n) is 4.82. The Labute approximate surface area is 74.6 Å². The monoisotopic (exact) mass is 166 g/mol. The molecule has 1 aromatic heterocycles. The van der Waals surface area contributed by atoms with Gasteiger partial charge in [-0.15, -0.1) is 0 Å². The molecule has 2 heterocycles. The van der Waals surface area contributed by atoms with Crippen molar-refractivity contribution in [2.24, 2.45) is 0 Å². The van der Waals surface area contributed by atoms with Gasteiger partial charge in [0.15, 0.2) is 0 Å². The van der Waals surface area contributed by atoms with Crippen molar-refractivity contribution in [2.75, 3.05) is 0 Å². The van der Waals surface area contributed by atoms with Crippen LogP contribution >= 0.6 is 0 Å². The van der Waals surface area contributed by atoms with Crippen LogP contribution in [-0.2, 0) is 6.54 Å². The van der Waals surface area contributed by atoms with E-state index in [-0.39, 0.29) is 0 Å². The Kier molecular flexibility index (Phi) is 2.90. The molecule has 1 aliphatic rings. The molecule has 0 amide bonds. The summed E-state index contributed by atoms with van der Waals surface area (Å²) in [6.45, 7) is 9.43. The highest BCUT2D eigenvalue weighted by Crippen LogP contribution is 2.26. The summed E-state index contributed by atoms with van der Waals surface area (Å²) in [6, 6.07) is 2.19. The Morgan fingerprint density at radius 3 is 2.75 bits per heavy atom. The third-order valence-corrected chi connectivity index (χ3v) is 2.21. The van der Waals surface area contributed by atoms with Gasteiger partial charge < -0.3 is 0 Å². The van der Waals surface area contributed by atoms with Crippen molar-refractivity contribution in [1.29, 1.82) is 0 Å². The standard InChI is InChI=1S/C8H12N2.C2H6/c1-6-3-4-10-8(6)5-7(2)9-10;1-2/h5-6H,3-4H2,1-2H3;1-2H3. The van der Waals surface area contributed by atoms with Crippen LogP contribution in [0.1, 0.15) is 44.5 Å². The molecular formula is C10H18N2. The third kappa shape index (κ3) is 1.52. The molecule has 0 saturated heterocycles. The van der Waals surface area contributed by atoms with Gasteiger partial charge in [0.1, 0.15) is 0 Å². The van der Waals surface area contributed by atoms with Crippen molar-refractivity contribution in [3.8, 4) is 0 Å². The van der Waals surface area contributed by atoms with Gasteiger partial charge >= 0.3 is 0 Å². The van der Waals surface area contributed by atoms with Crippen LogP contribution in [0.3, 0.4) is 0 Å². The second kappa shape index (κ2) is 3.74. The SMILES string of the molecule is CC.Cc1cc2n(n1)CCC2C. The number of hydrogen-bond donors (Lipinski definition) is 0. The van der Waals surface area contributed by atoms with Crippen LogP contribution < -0.4 is 0 Å². The molecule has 12 heavy (non-hydrogen) atoms. The predicted molar refractivity (Wildman–Crippen MR) is 51.3 cm³/mol. The molecule has 0 fully saturated rings. The number of rotatable bonds is 0. The maximum atomic E-state index is 4.36. The normalized spacial score (nSPS) is 19.8. The molecule has 2 rings (SSSR count). The number of hydrogen-bond acceptors (Lipinski definition) is 1. The van der Waals surface area contributed by atoms with Gasteiger partial charge in [-0.05, 0) is 25.3 Å². The lowest BCUT2D eigenvalue weighted by Crippen LogP contribution is -1.93. The van der Waals surface area contributed by atoms with E-state index in [1.807, 2.05) is 13.8 Å². The minimum atomic E-state index is 0.723. The van der Waals surface area contributed by atoms with Crippen LogP contribution in [0.4, 0.5) is 0 Å². The lowest BCUT2D eigenvalue weighted by atomic mass is 10.1. The van der Waals surface area contributed by atoms with Gasteiger partial charge in [0.2, 0.25) is 0 Å². The fourth-order valence-corrected chi connectivity index (χ4v) is 1.61. The van der Waals surface area contributed by atoms with Crippen molar-refractivity contribution in [2.45, 2.75) is 46.6 Å². The second-order valence-corrected chi connectivity index (χ2v) is 3.12. The number of nitrogens with zero attached hydrogens (tertiary/aromatic N) is 2. The summed E-state index contributed by atoms with van der Waals surface area (Å²) in [5, 5.41) is 4.36. The summed E-state index contributed by atoms with van der Waals surface area (Å²) < 4.78 is 2.12. The lowest BCUT2D eigenvalue weighted by Gasteiger charge is -1.95. The van der Waals surface area contributed by atoms with E-state index < -0.39 is 0 Å². The summed E-state index contributed by atoms with van der Waals surface area (Å²) in [5.41, 5.74) is 2.57. The average molecular weight is 166 g/mol. The van der Waals surface area contributed by atoms with Crippen molar-refractivity contribution < 1.29 is 0 Å². The van der Waals surface area contributed by atoms with E-state index in [2.05, 4.69) is 29.7 Å². The highest BCUT2D eigenvalue weighted by atomic mass is 15.3. The van der Waals surface area contributed by atoms with Crippen LogP contribution in [0.15, 0.2) is 6.07 Å². The summed E-state index contributed by atoms with van der Waals surface area (Å²) in [4.78, 5) is 0. The molecule has 0 N–H and O–H groups in total. The van der Waals surface area contributed by atoms with Gasteiger partial charge in [0.05, 0.1) is 5.69 Å². The van der Waals surface area contributed by atoms with Crippen molar-refractivity contribution >= 4 is 0 Å². The van der Waals surface area contributed by atoms with E-state index >= 15 is 0 Å². The largest absolute Gasteiger partial charge is 0.269 e. The molecule has 1 aliphatic heterocycles. The number of aryl methyl sites for hydroxylation is 2. The molecule has 0 aliphatic carbocycles. The minimum Gasteiger partial charge on any atom is -0.269 e. The van der Waals surface area contributed by atoms with Crippen LogP contribution in [0, 0.1) is 6.92 Å². The molecule has 2 nitrogen and oxygen atoms in total.